The first-order chi connectivity index (χ1) is 8.04. The molecule has 1 aromatic carbocycles. The maximum Gasteiger partial charge on any atom is 0.341 e. The molecule has 0 aliphatic carbocycles. The van der Waals surface area contributed by atoms with Gasteiger partial charge < -0.3 is 10.5 Å². The fourth-order valence-electron chi connectivity index (χ4n) is 1.52. The predicted octanol–water partition coefficient (Wildman–Crippen LogP) is 2.91. The lowest BCUT2D eigenvalue weighted by Gasteiger charge is -2.08. The molecule has 0 saturated carbocycles. The van der Waals surface area contributed by atoms with Gasteiger partial charge in [-0.05, 0) is 12.1 Å². The maximum absolute atomic E-state index is 11.4. The van der Waals surface area contributed by atoms with Gasteiger partial charge >= 0.3 is 5.97 Å². The lowest BCUT2D eigenvalue weighted by Crippen LogP contribution is -2.07. The van der Waals surface area contributed by atoms with Gasteiger partial charge in [-0.25, -0.2) is 4.79 Å². The lowest BCUT2D eigenvalue weighted by molar-refractivity contribution is 0.0601. The van der Waals surface area contributed by atoms with Gasteiger partial charge in [-0.2, -0.15) is 0 Å². The minimum atomic E-state index is -0.548. The first-order valence-electron chi connectivity index (χ1n) is 4.66. The van der Waals surface area contributed by atoms with E-state index in [4.69, 9.17) is 28.9 Å². The summed E-state index contributed by atoms with van der Waals surface area (Å²) < 4.78 is 4.60. The van der Waals surface area contributed by atoms with E-state index in [0.29, 0.717) is 20.9 Å². The van der Waals surface area contributed by atoms with Crippen LogP contribution in [0.15, 0.2) is 18.3 Å². The summed E-state index contributed by atoms with van der Waals surface area (Å²) in [7, 11) is 1.27. The lowest BCUT2D eigenvalue weighted by atomic mass is 10.1. The molecule has 0 spiro atoms. The van der Waals surface area contributed by atoms with E-state index in [2.05, 4.69) is 9.72 Å². The monoisotopic (exact) mass is 270 g/mol. The molecule has 0 unspecified atom stereocenters. The van der Waals surface area contributed by atoms with Crippen LogP contribution in [0.5, 0.6) is 0 Å². The van der Waals surface area contributed by atoms with Gasteiger partial charge in [-0.1, -0.05) is 23.2 Å². The van der Waals surface area contributed by atoms with Crippen molar-refractivity contribution in [2.45, 2.75) is 0 Å². The van der Waals surface area contributed by atoms with Crippen LogP contribution in [0.25, 0.3) is 10.9 Å². The highest BCUT2D eigenvalue weighted by molar-refractivity contribution is 6.38. The van der Waals surface area contributed by atoms with Gasteiger partial charge in [0, 0.05) is 16.6 Å². The highest BCUT2D eigenvalue weighted by Crippen LogP contribution is 2.31. The smallest absolute Gasteiger partial charge is 0.341 e. The minimum absolute atomic E-state index is 0.193. The quantitative estimate of drug-likeness (QED) is 0.810. The zero-order valence-corrected chi connectivity index (χ0v) is 10.3. The number of halogens is 2. The average molecular weight is 271 g/mol. The molecule has 2 N–H and O–H groups in total. The molecule has 2 rings (SSSR count). The summed E-state index contributed by atoms with van der Waals surface area (Å²) in [5, 5.41) is 1.35. The first kappa shape index (κ1) is 12.0. The van der Waals surface area contributed by atoms with Crippen LogP contribution >= 0.6 is 23.2 Å². The van der Waals surface area contributed by atoms with E-state index in [-0.39, 0.29) is 11.3 Å². The number of nitrogens with zero attached hydrogens (tertiary/aromatic N) is 1. The molecule has 0 saturated heterocycles. The van der Waals surface area contributed by atoms with Crippen LogP contribution in [0, 0.1) is 0 Å². The number of benzene rings is 1. The Labute approximate surface area is 107 Å². The third-order valence-electron chi connectivity index (χ3n) is 2.34. The summed E-state index contributed by atoms with van der Waals surface area (Å²) in [6.45, 7) is 0. The van der Waals surface area contributed by atoms with E-state index in [9.17, 15) is 4.79 Å². The molecule has 6 heteroatoms. The zero-order chi connectivity index (χ0) is 12.6. The van der Waals surface area contributed by atoms with Gasteiger partial charge in [0.25, 0.3) is 0 Å². The summed E-state index contributed by atoms with van der Waals surface area (Å²) in [5.41, 5.74) is 6.82. The highest BCUT2D eigenvalue weighted by atomic mass is 35.5. The Balaban J connectivity index is 2.79. The van der Waals surface area contributed by atoms with Crippen molar-refractivity contribution in [2.75, 3.05) is 12.8 Å². The van der Waals surface area contributed by atoms with Crippen molar-refractivity contribution in [3.8, 4) is 0 Å². The maximum atomic E-state index is 11.4. The number of pyridine rings is 1. The molecule has 0 fully saturated rings. The van der Waals surface area contributed by atoms with Crippen LogP contribution in [0.2, 0.25) is 10.0 Å². The number of esters is 1. The van der Waals surface area contributed by atoms with Crippen LogP contribution in [0.4, 0.5) is 5.69 Å². The summed E-state index contributed by atoms with van der Waals surface area (Å²) in [6.07, 6.45) is 1.34. The molecule has 1 aromatic heterocycles. The Morgan fingerprint density at radius 1 is 1.41 bits per heavy atom. The SMILES string of the molecule is COC(=O)c1cnc2c(Cl)cc(Cl)cc2c1N. The van der Waals surface area contributed by atoms with E-state index in [1.165, 1.54) is 13.3 Å². The number of anilines is 1. The van der Waals surface area contributed by atoms with E-state index in [1.54, 1.807) is 12.1 Å². The van der Waals surface area contributed by atoms with Gasteiger partial charge in [0.15, 0.2) is 0 Å². The standard InChI is InChI=1S/C11H8Cl2N2O2/c1-17-11(16)7-4-15-10-6(9(7)14)2-5(12)3-8(10)13/h2-4H,1H3,(H2,14,15). The van der Waals surface area contributed by atoms with Crippen molar-refractivity contribution in [2.24, 2.45) is 0 Å². The van der Waals surface area contributed by atoms with E-state index < -0.39 is 5.97 Å². The number of carbonyl (C=O) groups is 1. The number of nitrogen functional groups attached to an aromatic ring is 1. The number of ether oxygens (including phenoxy) is 1. The fourth-order valence-corrected chi connectivity index (χ4v) is 2.06. The second-order valence-corrected chi connectivity index (χ2v) is 4.20. The van der Waals surface area contributed by atoms with Gasteiger partial charge in [-0.3, -0.25) is 4.98 Å². The fraction of sp³-hybridized carbons (Fsp3) is 0.0909. The zero-order valence-electron chi connectivity index (χ0n) is 8.83. The molecule has 17 heavy (non-hydrogen) atoms. The number of hydrogen-bond donors (Lipinski definition) is 1. The highest BCUT2D eigenvalue weighted by Gasteiger charge is 2.15. The van der Waals surface area contributed by atoms with E-state index in [0.717, 1.165) is 0 Å². The summed E-state index contributed by atoms with van der Waals surface area (Å²) in [6, 6.07) is 3.17. The number of carbonyl (C=O) groups excluding carboxylic acids is 1. The van der Waals surface area contributed by atoms with Crippen LogP contribution in [0.3, 0.4) is 0 Å². The Bertz CT molecular complexity index is 614. The topological polar surface area (TPSA) is 65.2 Å². The molecule has 0 aliphatic rings. The molecular weight excluding hydrogens is 263 g/mol. The Kier molecular flexibility index (Phi) is 3.09. The van der Waals surface area contributed by atoms with Gasteiger partial charge in [0.1, 0.15) is 5.56 Å². The van der Waals surface area contributed by atoms with Crippen molar-refractivity contribution in [3.05, 3.63) is 33.9 Å². The first-order valence-corrected chi connectivity index (χ1v) is 5.41. The number of fused-ring (bicyclic) bond motifs is 1. The molecule has 1 heterocycles. The predicted molar refractivity (Wildman–Crippen MR) is 67.5 cm³/mol. The van der Waals surface area contributed by atoms with Crippen molar-refractivity contribution >= 4 is 45.8 Å². The van der Waals surface area contributed by atoms with Crippen molar-refractivity contribution < 1.29 is 9.53 Å². The van der Waals surface area contributed by atoms with Gasteiger partial charge in [0.05, 0.1) is 23.3 Å². The van der Waals surface area contributed by atoms with Crippen molar-refractivity contribution in [3.63, 3.8) is 0 Å². The Morgan fingerprint density at radius 3 is 2.76 bits per heavy atom. The second-order valence-electron chi connectivity index (χ2n) is 3.36. The van der Waals surface area contributed by atoms with E-state index in [1.807, 2.05) is 0 Å². The molecule has 4 nitrogen and oxygen atoms in total. The average Bonchev–Trinajstić information content (AvgIpc) is 2.29. The third-order valence-corrected chi connectivity index (χ3v) is 2.84. The molecule has 0 aliphatic heterocycles. The number of aromatic nitrogens is 1. The molecule has 0 radical (unpaired) electrons. The number of methoxy groups -OCH3 is 1. The largest absolute Gasteiger partial charge is 0.465 e. The van der Waals surface area contributed by atoms with Gasteiger partial charge in [-0.15, -0.1) is 0 Å². The Hall–Kier alpha value is -1.52. The molecule has 0 atom stereocenters. The van der Waals surface area contributed by atoms with Crippen LogP contribution in [-0.2, 0) is 4.74 Å². The molecular formula is C11H8Cl2N2O2. The molecule has 2 aromatic rings. The molecule has 0 bridgehead atoms. The number of hydrogen-bond acceptors (Lipinski definition) is 4. The molecule has 0 amide bonds. The normalized spacial score (nSPS) is 10.5. The van der Waals surface area contributed by atoms with Gasteiger partial charge in [0.2, 0.25) is 0 Å². The Morgan fingerprint density at radius 2 is 2.12 bits per heavy atom. The van der Waals surface area contributed by atoms with Crippen LogP contribution in [-0.4, -0.2) is 18.1 Å². The minimum Gasteiger partial charge on any atom is -0.465 e. The second kappa shape index (κ2) is 4.39. The summed E-state index contributed by atoms with van der Waals surface area (Å²) in [5.74, 6) is -0.548. The van der Waals surface area contributed by atoms with E-state index >= 15 is 0 Å². The third kappa shape index (κ3) is 2.01. The van der Waals surface area contributed by atoms with Crippen molar-refractivity contribution in [1.82, 2.24) is 4.98 Å². The number of nitrogens with two attached hydrogens (primary N) is 1. The van der Waals surface area contributed by atoms with Crippen molar-refractivity contribution in [1.29, 1.82) is 0 Å². The molecule has 88 valence electrons. The van der Waals surface area contributed by atoms with Crippen LogP contribution < -0.4 is 5.73 Å². The summed E-state index contributed by atoms with van der Waals surface area (Å²) >= 11 is 11.9. The number of rotatable bonds is 1. The van der Waals surface area contributed by atoms with Crippen LogP contribution in [0.1, 0.15) is 10.4 Å². The summed E-state index contributed by atoms with van der Waals surface area (Å²) in [4.78, 5) is 15.5.